The highest BCUT2D eigenvalue weighted by molar-refractivity contribution is 5.97. The Morgan fingerprint density at radius 2 is 1.67 bits per heavy atom. The van der Waals surface area contributed by atoms with Crippen LogP contribution in [0.25, 0.3) is 0 Å². The number of phenols is 1. The number of amides is 2. The van der Waals surface area contributed by atoms with Gasteiger partial charge >= 0.3 is 0 Å². The number of hydrogen-bond acceptors (Lipinski definition) is 4. The van der Waals surface area contributed by atoms with E-state index in [0.29, 0.717) is 43.7 Å². The van der Waals surface area contributed by atoms with Crippen molar-refractivity contribution in [2.45, 2.75) is 44.2 Å². The predicted molar refractivity (Wildman–Crippen MR) is 105 cm³/mol. The van der Waals surface area contributed by atoms with Crippen LogP contribution in [0.2, 0.25) is 0 Å². The zero-order chi connectivity index (χ0) is 18.1. The summed E-state index contributed by atoms with van der Waals surface area (Å²) >= 11 is 0. The molecule has 4 rings (SSSR count). The molecule has 2 heterocycles. The summed E-state index contributed by atoms with van der Waals surface area (Å²) in [6, 6.07) is 7.08. The van der Waals surface area contributed by atoms with Crippen LogP contribution in [0.5, 0.6) is 5.75 Å². The summed E-state index contributed by atoms with van der Waals surface area (Å²) in [5, 5.41) is 13.4. The number of halogens is 1. The number of hydrogen-bond donors (Lipinski definition) is 2. The molecule has 3 unspecified atom stereocenters. The Bertz CT molecular complexity index is 677. The molecule has 2 aliphatic heterocycles. The third kappa shape index (κ3) is 4.06. The minimum absolute atomic E-state index is 0. The van der Waals surface area contributed by atoms with Crippen LogP contribution in [0.4, 0.5) is 0 Å². The molecule has 1 aromatic rings. The molecule has 0 aromatic heterocycles. The fourth-order valence-corrected chi connectivity index (χ4v) is 4.69. The van der Waals surface area contributed by atoms with Crippen molar-refractivity contribution < 1.29 is 14.7 Å². The third-order valence-electron chi connectivity index (χ3n) is 6.17. The molecule has 148 valence electrons. The molecule has 27 heavy (non-hydrogen) atoms. The van der Waals surface area contributed by atoms with Gasteiger partial charge in [-0.15, -0.1) is 12.4 Å². The largest absolute Gasteiger partial charge is 0.507 e. The number of benzene rings is 1. The van der Waals surface area contributed by atoms with Crippen molar-refractivity contribution in [2.24, 2.45) is 5.92 Å². The highest BCUT2D eigenvalue weighted by Gasteiger charge is 2.40. The van der Waals surface area contributed by atoms with Gasteiger partial charge in [0.15, 0.2) is 0 Å². The zero-order valence-corrected chi connectivity index (χ0v) is 16.3. The molecule has 0 bridgehead atoms. The van der Waals surface area contributed by atoms with Crippen LogP contribution in [0.1, 0.15) is 42.5 Å². The van der Waals surface area contributed by atoms with Gasteiger partial charge < -0.3 is 20.2 Å². The van der Waals surface area contributed by atoms with Gasteiger partial charge in [-0.25, -0.2) is 0 Å². The first-order valence-electron chi connectivity index (χ1n) is 9.75. The van der Waals surface area contributed by atoms with E-state index in [9.17, 15) is 14.7 Å². The van der Waals surface area contributed by atoms with Gasteiger partial charge in [0, 0.05) is 32.2 Å². The molecule has 1 saturated carbocycles. The predicted octanol–water partition coefficient (Wildman–Crippen LogP) is 2.02. The molecule has 2 N–H and O–H groups in total. The van der Waals surface area contributed by atoms with E-state index in [0.717, 1.165) is 6.42 Å². The number of para-hydroxylation sites is 1. The topological polar surface area (TPSA) is 72.9 Å². The standard InChI is InChI=1S/C20H27N3O3.ClH/c24-18-8-4-2-6-15(18)19(25)22-9-11-23(12-10-22)20(26)17-13-14-5-1-3-7-16(14)21-17;/h2,4,6,8,14,16-17,21,24H,1,3,5,7,9-13H2;1H. The van der Waals surface area contributed by atoms with Crippen LogP contribution in [-0.4, -0.2) is 65.0 Å². The van der Waals surface area contributed by atoms with Crippen LogP contribution < -0.4 is 5.32 Å². The van der Waals surface area contributed by atoms with Crippen molar-refractivity contribution in [3.63, 3.8) is 0 Å². The number of fused-ring (bicyclic) bond motifs is 1. The maximum absolute atomic E-state index is 12.9. The third-order valence-corrected chi connectivity index (χ3v) is 6.17. The summed E-state index contributed by atoms with van der Waals surface area (Å²) in [7, 11) is 0. The first-order valence-corrected chi connectivity index (χ1v) is 9.75. The van der Waals surface area contributed by atoms with Crippen molar-refractivity contribution >= 4 is 24.2 Å². The zero-order valence-electron chi connectivity index (χ0n) is 15.5. The Hall–Kier alpha value is -1.79. The van der Waals surface area contributed by atoms with E-state index >= 15 is 0 Å². The summed E-state index contributed by atoms with van der Waals surface area (Å²) in [6.45, 7) is 2.15. The lowest BCUT2D eigenvalue weighted by molar-refractivity contribution is -0.134. The van der Waals surface area contributed by atoms with Crippen LogP contribution in [0.3, 0.4) is 0 Å². The highest BCUT2D eigenvalue weighted by atomic mass is 35.5. The second-order valence-electron chi connectivity index (χ2n) is 7.74. The van der Waals surface area contributed by atoms with Crippen molar-refractivity contribution in [3.05, 3.63) is 29.8 Å². The van der Waals surface area contributed by atoms with Gasteiger partial charge in [0.1, 0.15) is 5.75 Å². The van der Waals surface area contributed by atoms with Gasteiger partial charge in [0.2, 0.25) is 5.91 Å². The van der Waals surface area contributed by atoms with E-state index in [1.807, 2.05) is 4.90 Å². The molecule has 6 nitrogen and oxygen atoms in total. The Balaban J connectivity index is 0.00000210. The number of nitrogens with one attached hydrogen (secondary N) is 1. The van der Waals surface area contributed by atoms with E-state index < -0.39 is 0 Å². The average molecular weight is 394 g/mol. The van der Waals surface area contributed by atoms with Gasteiger partial charge in [-0.2, -0.15) is 0 Å². The van der Waals surface area contributed by atoms with E-state index in [-0.39, 0.29) is 36.0 Å². The number of phenolic OH excluding ortho intramolecular Hbond substituents is 1. The Kier molecular flexibility index (Phi) is 6.27. The molecule has 0 radical (unpaired) electrons. The normalized spacial score (nSPS) is 27.6. The Morgan fingerprint density at radius 3 is 2.37 bits per heavy atom. The quantitative estimate of drug-likeness (QED) is 0.806. The summed E-state index contributed by atoms with van der Waals surface area (Å²) in [6.07, 6.45) is 5.95. The van der Waals surface area contributed by atoms with E-state index in [1.54, 1.807) is 23.1 Å². The number of rotatable bonds is 2. The number of carbonyl (C=O) groups excluding carboxylic acids is 2. The van der Waals surface area contributed by atoms with Crippen LogP contribution >= 0.6 is 12.4 Å². The lowest BCUT2D eigenvalue weighted by Crippen LogP contribution is -2.54. The Morgan fingerprint density at radius 1 is 1.00 bits per heavy atom. The van der Waals surface area contributed by atoms with E-state index in [2.05, 4.69) is 5.32 Å². The molecule has 3 fully saturated rings. The highest BCUT2D eigenvalue weighted by Crippen LogP contribution is 2.33. The maximum atomic E-state index is 12.9. The Labute approximate surface area is 166 Å². The van der Waals surface area contributed by atoms with Crippen LogP contribution in [0, 0.1) is 5.92 Å². The van der Waals surface area contributed by atoms with E-state index in [1.165, 1.54) is 31.7 Å². The summed E-state index contributed by atoms with van der Waals surface area (Å²) in [5.41, 5.74) is 0.328. The van der Waals surface area contributed by atoms with Gasteiger partial charge in [-0.1, -0.05) is 25.0 Å². The van der Waals surface area contributed by atoms with Crippen molar-refractivity contribution in [2.75, 3.05) is 26.2 Å². The van der Waals surface area contributed by atoms with Crippen LogP contribution in [-0.2, 0) is 4.79 Å². The van der Waals surface area contributed by atoms with Crippen molar-refractivity contribution in [1.29, 1.82) is 0 Å². The molecule has 1 aliphatic carbocycles. The summed E-state index contributed by atoms with van der Waals surface area (Å²) in [4.78, 5) is 29.1. The fourth-order valence-electron chi connectivity index (χ4n) is 4.69. The lowest BCUT2D eigenvalue weighted by atomic mass is 9.85. The minimum atomic E-state index is -0.166. The van der Waals surface area contributed by atoms with E-state index in [4.69, 9.17) is 0 Å². The minimum Gasteiger partial charge on any atom is -0.507 e. The van der Waals surface area contributed by atoms with Crippen molar-refractivity contribution in [1.82, 2.24) is 15.1 Å². The number of piperazine rings is 1. The summed E-state index contributed by atoms with van der Waals surface area (Å²) in [5.74, 6) is 0.685. The van der Waals surface area contributed by atoms with Crippen LogP contribution in [0.15, 0.2) is 24.3 Å². The van der Waals surface area contributed by atoms with Crippen molar-refractivity contribution in [3.8, 4) is 5.75 Å². The molecule has 0 spiro atoms. The SMILES string of the molecule is Cl.O=C(c1ccccc1O)N1CCN(C(=O)C2CC3CCCCC3N2)CC1. The lowest BCUT2D eigenvalue weighted by Gasteiger charge is -2.36. The molecular formula is C20H28ClN3O3. The van der Waals surface area contributed by atoms with Gasteiger partial charge in [0.25, 0.3) is 5.91 Å². The number of aromatic hydroxyl groups is 1. The monoisotopic (exact) mass is 393 g/mol. The second kappa shape index (κ2) is 8.48. The molecular weight excluding hydrogens is 366 g/mol. The maximum Gasteiger partial charge on any atom is 0.257 e. The first-order chi connectivity index (χ1) is 12.6. The molecule has 2 saturated heterocycles. The molecule has 3 atom stereocenters. The molecule has 7 heteroatoms. The molecule has 1 aromatic carbocycles. The van der Waals surface area contributed by atoms with Gasteiger partial charge in [0.05, 0.1) is 11.6 Å². The fraction of sp³-hybridized carbons (Fsp3) is 0.600. The smallest absolute Gasteiger partial charge is 0.257 e. The molecule has 3 aliphatic rings. The number of nitrogens with zero attached hydrogens (tertiary/aromatic N) is 2. The molecule has 2 amide bonds. The van der Waals surface area contributed by atoms with Gasteiger partial charge in [-0.05, 0) is 37.3 Å². The second-order valence-corrected chi connectivity index (χ2v) is 7.74. The number of carbonyl (C=O) groups is 2. The van der Waals surface area contributed by atoms with Gasteiger partial charge in [-0.3, -0.25) is 9.59 Å². The first kappa shape index (κ1) is 20.0. The average Bonchev–Trinajstić information content (AvgIpc) is 3.11. The summed E-state index contributed by atoms with van der Waals surface area (Å²) < 4.78 is 0.